The van der Waals surface area contributed by atoms with E-state index < -0.39 is 11.3 Å². The summed E-state index contributed by atoms with van der Waals surface area (Å²) < 4.78 is 42.6. The fourth-order valence-electron chi connectivity index (χ4n) is 7.97. The van der Waals surface area contributed by atoms with E-state index in [0.29, 0.717) is 83.6 Å². The number of alkyl halides is 1. The van der Waals surface area contributed by atoms with E-state index in [1.54, 1.807) is 25.4 Å². The standard InChI is InChI=1S/C34H34ClF2N7O3S/c1-32(45)16-43(9-10-46-17-32)29-25-20-3-7-38-27(24-21-14-39-42-23(21)11-22(35)26(24)34(37)5-6-34)28(20)48-30(25)41-31(40-29)47-18-33-4-2-8-44(33)15-19(12-33)13-36/h3,7,11,13-14,45H,2,4-6,8-10,12,15-18H2,1H3,(H,39,42)/b19-13-/t32-,33-/m0/s1. The van der Waals surface area contributed by atoms with Crippen LogP contribution in [0.5, 0.6) is 6.01 Å². The van der Waals surface area contributed by atoms with Crippen molar-refractivity contribution in [3.63, 3.8) is 0 Å². The smallest absolute Gasteiger partial charge is 0.319 e. The minimum absolute atomic E-state index is 0.200. The molecule has 48 heavy (non-hydrogen) atoms. The first-order valence-corrected chi connectivity index (χ1v) is 17.5. The van der Waals surface area contributed by atoms with E-state index in [1.165, 1.54) is 11.3 Å². The van der Waals surface area contributed by atoms with Gasteiger partial charge in [0.15, 0.2) is 0 Å². The first kappa shape index (κ1) is 30.6. The maximum absolute atomic E-state index is 16.1. The van der Waals surface area contributed by atoms with Gasteiger partial charge in [-0.2, -0.15) is 15.1 Å². The molecule has 4 aliphatic rings. The van der Waals surface area contributed by atoms with Crippen LogP contribution in [0.15, 0.2) is 36.4 Å². The molecule has 1 aromatic carbocycles. The number of rotatable bonds is 6. The molecule has 1 aliphatic carbocycles. The topological polar surface area (TPSA) is 113 Å². The van der Waals surface area contributed by atoms with Gasteiger partial charge in [-0.1, -0.05) is 11.6 Å². The van der Waals surface area contributed by atoms with E-state index in [2.05, 4.69) is 15.1 Å². The zero-order valence-electron chi connectivity index (χ0n) is 26.4. The van der Waals surface area contributed by atoms with Gasteiger partial charge in [-0.3, -0.25) is 15.0 Å². The third-order valence-corrected chi connectivity index (χ3v) is 11.7. The van der Waals surface area contributed by atoms with Crippen LogP contribution in [0, 0.1) is 0 Å². The lowest BCUT2D eigenvalue weighted by molar-refractivity contribution is -0.0123. The Bertz CT molecular complexity index is 2130. The van der Waals surface area contributed by atoms with Crippen LogP contribution in [0.25, 0.3) is 42.5 Å². The predicted octanol–water partition coefficient (Wildman–Crippen LogP) is 6.45. The van der Waals surface area contributed by atoms with E-state index >= 15 is 4.39 Å². The van der Waals surface area contributed by atoms with Gasteiger partial charge in [0, 0.05) is 46.2 Å². The van der Waals surface area contributed by atoms with Gasteiger partial charge in [-0.25, -0.2) is 8.78 Å². The Kier molecular flexibility index (Phi) is 7.01. The summed E-state index contributed by atoms with van der Waals surface area (Å²) in [6.07, 6.45) is 7.47. The van der Waals surface area contributed by atoms with Crippen LogP contribution in [0.1, 0.15) is 44.6 Å². The summed E-state index contributed by atoms with van der Waals surface area (Å²) >= 11 is 8.22. The molecule has 3 aliphatic heterocycles. The lowest BCUT2D eigenvalue weighted by Gasteiger charge is -2.31. The van der Waals surface area contributed by atoms with Crippen molar-refractivity contribution in [2.75, 3.05) is 50.9 Å². The van der Waals surface area contributed by atoms with Gasteiger partial charge in [0.2, 0.25) is 0 Å². The largest absolute Gasteiger partial charge is 0.461 e. The van der Waals surface area contributed by atoms with Crippen molar-refractivity contribution in [2.45, 2.75) is 55.8 Å². The summed E-state index contributed by atoms with van der Waals surface area (Å²) in [5, 5.41) is 21.1. The van der Waals surface area contributed by atoms with Crippen molar-refractivity contribution in [3.8, 4) is 17.3 Å². The molecule has 0 bridgehead atoms. The molecule has 250 valence electrons. The SMILES string of the molecule is C[C@@]1(O)COCCN(c2nc(OC[C@@]34CCCN3C/C(=C\F)C4)nc3sc4c(-c5c(C6(F)CC6)c(Cl)cc6[nH]ncc56)nccc4c23)C1. The van der Waals surface area contributed by atoms with Crippen LogP contribution in [0.4, 0.5) is 14.6 Å². The Morgan fingerprint density at radius 2 is 2.10 bits per heavy atom. The summed E-state index contributed by atoms with van der Waals surface area (Å²) in [5.41, 5.74) is 0.191. The Morgan fingerprint density at radius 3 is 2.94 bits per heavy atom. The van der Waals surface area contributed by atoms with Crippen molar-refractivity contribution in [2.24, 2.45) is 0 Å². The summed E-state index contributed by atoms with van der Waals surface area (Å²) in [7, 11) is 0. The van der Waals surface area contributed by atoms with Crippen molar-refractivity contribution < 1.29 is 23.4 Å². The highest BCUT2D eigenvalue weighted by Crippen LogP contribution is 2.57. The highest BCUT2D eigenvalue weighted by Gasteiger charge is 2.49. The summed E-state index contributed by atoms with van der Waals surface area (Å²) in [6.45, 7) is 4.98. The number of hydrogen-bond acceptors (Lipinski definition) is 10. The molecule has 9 rings (SSSR count). The number of pyridine rings is 1. The molecular weight excluding hydrogens is 660 g/mol. The van der Waals surface area contributed by atoms with Gasteiger partial charge in [0.05, 0.1) is 59.1 Å². The van der Waals surface area contributed by atoms with Gasteiger partial charge >= 0.3 is 6.01 Å². The lowest BCUT2D eigenvalue weighted by atomic mass is 9.94. The maximum Gasteiger partial charge on any atom is 0.319 e. The number of nitrogens with zero attached hydrogens (tertiary/aromatic N) is 6. The average Bonchev–Trinajstić information content (AvgIpc) is 3.39. The summed E-state index contributed by atoms with van der Waals surface area (Å²) in [6, 6.07) is 3.87. The number of halogens is 3. The van der Waals surface area contributed by atoms with Crippen molar-refractivity contribution >= 4 is 60.0 Å². The number of thiophene rings is 1. The number of β-amino-alcohol motifs (C(OH)–C–C–N with tert-alkyl or cyclic N) is 1. The number of nitrogens with one attached hydrogen (secondary N) is 1. The number of aliphatic hydroxyl groups is 1. The number of ether oxygens (including phenoxy) is 2. The molecule has 14 heteroatoms. The van der Waals surface area contributed by atoms with E-state index in [4.69, 9.17) is 36.0 Å². The number of aromatic amines is 1. The molecule has 4 fully saturated rings. The zero-order valence-corrected chi connectivity index (χ0v) is 27.9. The molecule has 0 unspecified atom stereocenters. The normalized spacial score (nSPS) is 26.6. The highest BCUT2D eigenvalue weighted by atomic mass is 35.5. The summed E-state index contributed by atoms with van der Waals surface area (Å²) in [5.74, 6) is 0.615. The Balaban J connectivity index is 1.23. The van der Waals surface area contributed by atoms with Gasteiger partial charge in [0.1, 0.15) is 28.5 Å². The van der Waals surface area contributed by atoms with Crippen LogP contribution >= 0.6 is 22.9 Å². The molecule has 0 radical (unpaired) electrons. The van der Waals surface area contributed by atoms with Crippen LogP contribution in [0.3, 0.4) is 0 Å². The van der Waals surface area contributed by atoms with Crippen LogP contribution in [-0.4, -0.2) is 92.3 Å². The lowest BCUT2D eigenvalue weighted by Crippen LogP contribution is -2.43. The third-order valence-electron chi connectivity index (χ3n) is 10.3. The van der Waals surface area contributed by atoms with Crippen molar-refractivity contribution in [1.82, 2.24) is 30.0 Å². The second kappa shape index (κ2) is 11.0. The first-order valence-electron chi connectivity index (χ1n) is 16.3. The molecule has 4 aromatic heterocycles. The molecule has 7 heterocycles. The molecule has 0 spiro atoms. The van der Waals surface area contributed by atoms with Crippen LogP contribution in [-0.2, 0) is 10.4 Å². The Labute approximate surface area is 283 Å². The van der Waals surface area contributed by atoms with Gasteiger partial charge < -0.3 is 19.5 Å². The number of fused-ring (bicyclic) bond motifs is 5. The fraction of sp³-hybridized carbons (Fsp3) is 0.471. The maximum atomic E-state index is 16.1. The van der Waals surface area contributed by atoms with Gasteiger partial charge in [0.25, 0.3) is 0 Å². The van der Waals surface area contributed by atoms with E-state index in [-0.39, 0.29) is 24.7 Å². The predicted molar refractivity (Wildman–Crippen MR) is 181 cm³/mol. The van der Waals surface area contributed by atoms with E-state index in [0.717, 1.165) is 52.1 Å². The van der Waals surface area contributed by atoms with E-state index in [1.807, 2.05) is 11.0 Å². The zero-order chi connectivity index (χ0) is 32.8. The Hall–Kier alpha value is -3.49. The number of aromatic nitrogens is 5. The first-order chi connectivity index (χ1) is 23.2. The molecule has 10 nitrogen and oxygen atoms in total. The fourth-order valence-corrected chi connectivity index (χ4v) is 9.50. The van der Waals surface area contributed by atoms with Crippen LogP contribution < -0.4 is 9.64 Å². The molecule has 5 aromatic rings. The van der Waals surface area contributed by atoms with Crippen molar-refractivity contribution in [3.05, 3.63) is 47.0 Å². The molecule has 3 saturated heterocycles. The quantitative estimate of drug-likeness (QED) is 0.207. The number of anilines is 1. The van der Waals surface area contributed by atoms with Crippen molar-refractivity contribution in [1.29, 1.82) is 0 Å². The molecule has 2 atom stereocenters. The monoisotopic (exact) mass is 693 g/mol. The minimum atomic E-state index is -1.53. The molecule has 2 N–H and O–H groups in total. The number of H-pyrrole nitrogens is 1. The molecule has 0 amide bonds. The van der Waals surface area contributed by atoms with Gasteiger partial charge in [-0.15, -0.1) is 11.3 Å². The minimum Gasteiger partial charge on any atom is -0.461 e. The van der Waals surface area contributed by atoms with Crippen LogP contribution in [0.2, 0.25) is 5.02 Å². The summed E-state index contributed by atoms with van der Waals surface area (Å²) in [4.78, 5) is 19.8. The molecule has 1 saturated carbocycles. The third kappa shape index (κ3) is 4.88. The average molecular weight is 694 g/mol. The molecular formula is C34H34ClF2N7O3S. The number of hydrogen-bond donors (Lipinski definition) is 2. The second-order valence-corrected chi connectivity index (χ2v) is 15.4. The van der Waals surface area contributed by atoms with E-state index in [9.17, 15) is 9.50 Å². The van der Waals surface area contributed by atoms with Gasteiger partial charge in [-0.05, 0) is 63.3 Å². The number of benzene rings is 1. The highest BCUT2D eigenvalue weighted by molar-refractivity contribution is 7.26. The Morgan fingerprint density at radius 1 is 1.23 bits per heavy atom. The second-order valence-electron chi connectivity index (χ2n) is 14.0.